The molecule has 2 aromatic carbocycles. The molecule has 3 aromatic rings. The number of para-hydroxylation sites is 2. The molecule has 0 spiro atoms. The average Bonchev–Trinajstić information content (AvgIpc) is 3.12. The van der Waals surface area contributed by atoms with Crippen molar-refractivity contribution in [3.63, 3.8) is 0 Å². The van der Waals surface area contributed by atoms with Gasteiger partial charge < -0.3 is 14.0 Å². The third-order valence-corrected chi connectivity index (χ3v) is 5.22. The molecule has 0 radical (unpaired) electrons. The zero-order chi connectivity index (χ0) is 21.3. The summed E-state index contributed by atoms with van der Waals surface area (Å²) in [4.78, 5) is 32.5. The van der Waals surface area contributed by atoms with Crippen LogP contribution in [0.5, 0.6) is 0 Å². The minimum absolute atomic E-state index is 0.147. The van der Waals surface area contributed by atoms with Gasteiger partial charge in [-0.25, -0.2) is 9.37 Å². The topological polar surface area (TPSA) is 73.7 Å². The maximum absolute atomic E-state index is 13.6. The first kappa shape index (κ1) is 20.0. The van der Waals surface area contributed by atoms with Crippen molar-refractivity contribution in [2.24, 2.45) is 5.92 Å². The van der Waals surface area contributed by atoms with Crippen LogP contribution in [0.25, 0.3) is 11.0 Å². The fraction of sp³-hybridized carbons (Fsp3) is 0.318. The Morgan fingerprint density at radius 1 is 1.17 bits per heavy atom. The summed E-state index contributed by atoms with van der Waals surface area (Å²) in [5.41, 5.74) is 2.09. The fourth-order valence-electron chi connectivity index (χ4n) is 3.90. The molecular weight excluding hydrogens is 389 g/mol. The maximum Gasteiger partial charge on any atom is 0.321 e. The van der Waals surface area contributed by atoms with E-state index in [0.717, 1.165) is 5.52 Å². The van der Waals surface area contributed by atoms with Gasteiger partial charge in [-0.05, 0) is 36.8 Å². The van der Waals surface area contributed by atoms with Crippen molar-refractivity contribution < 1.29 is 23.5 Å². The molecule has 1 amide bonds. The van der Waals surface area contributed by atoms with Gasteiger partial charge in [0.25, 0.3) is 0 Å². The molecule has 7 nitrogen and oxygen atoms in total. The number of esters is 1. The molecule has 0 bridgehead atoms. The second-order valence-electron chi connectivity index (χ2n) is 6.98. The molecule has 156 valence electrons. The van der Waals surface area contributed by atoms with Gasteiger partial charge in [0.2, 0.25) is 11.9 Å². The van der Waals surface area contributed by atoms with Crippen molar-refractivity contribution in [1.29, 1.82) is 0 Å². The van der Waals surface area contributed by atoms with Gasteiger partial charge >= 0.3 is 5.97 Å². The lowest BCUT2D eigenvalue weighted by Crippen LogP contribution is -2.51. The Bertz CT molecular complexity index is 1080. The fourth-order valence-corrected chi connectivity index (χ4v) is 3.90. The smallest absolute Gasteiger partial charge is 0.321 e. The maximum atomic E-state index is 13.6. The highest BCUT2D eigenvalue weighted by molar-refractivity contribution is 6.08. The summed E-state index contributed by atoms with van der Waals surface area (Å²) in [6.45, 7) is 2.36. The molecule has 0 unspecified atom stereocenters. The summed E-state index contributed by atoms with van der Waals surface area (Å²) < 4.78 is 25.9. The van der Waals surface area contributed by atoms with Crippen LogP contribution < -0.4 is 4.90 Å². The van der Waals surface area contributed by atoms with Crippen LogP contribution in [-0.2, 0) is 19.1 Å². The zero-order valence-electron chi connectivity index (χ0n) is 16.7. The minimum Gasteiger partial charge on any atom is -0.465 e. The van der Waals surface area contributed by atoms with Crippen LogP contribution in [0.15, 0.2) is 48.5 Å². The second-order valence-corrected chi connectivity index (χ2v) is 6.98. The molecule has 1 aliphatic heterocycles. The van der Waals surface area contributed by atoms with Crippen LogP contribution >= 0.6 is 0 Å². The van der Waals surface area contributed by atoms with Gasteiger partial charge in [0.1, 0.15) is 5.82 Å². The van der Waals surface area contributed by atoms with E-state index in [1.807, 2.05) is 28.8 Å². The van der Waals surface area contributed by atoms with E-state index in [2.05, 4.69) is 4.98 Å². The van der Waals surface area contributed by atoms with Gasteiger partial charge in [-0.1, -0.05) is 24.3 Å². The number of anilines is 1. The number of hydrogen-bond acceptors (Lipinski definition) is 5. The Morgan fingerprint density at radius 3 is 2.60 bits per heavy atom. The Morgan fingerprint density at radius 2 is 1.90 bits per heavy atom. The van der Waals surface area contributed by atoms with Crippen molar-refractivity contribution in [3.05, 3.63) is 59.9 Å². The highest BCUT2D eigenvalue weighted by atomic mass is 19.1. The first-order chi connectivity index (χ1) is 14.6. The van der Waals surface area contributed by atoms with Crippen molar-refractivity contribution >= 4 is 28.9 Å². The van der Waals surface area contributed by atoms with Crippen LogP contribution in [0.2, 0.25) is 0 Å². The molecule has 0 fully saturated rings. The van der Waals surface area contributed by atoms with Crippen LogP contribution in [0.3, 0.4) is 0 Å². The lowest BCUT2D eigenvalue weighted by atomic mass is 9.89. The van der Waals surface area contributed by atoms with Gasteiger partial charge in [-0.2, -0.15) is 0 Å². The summed E-state index contributed by atoms with van der Waals surface area (Å²) in [7, 11) is 1.54. The van der Waals surface area contributed by atoms with E-state index in [1.54, 1.807) is 26.2 Å². The average molecular weight is 411 g/mol. The molecule has 0 aliphatic carbocycles. The zero-order valence-corrected chi connectivity index (χ0v) is 16.7. The minimum atomic E-state index is -1.13. The Labute approximate surface area is 173 Å². The van der Waals surface area contributed by atoms with Crippen molar-refractivity contribution in [2.45, 2.75) is 13.0 Å². The number of imidazole rings is 1. The standard InChI is InChI=1S/C22H22FN3O4/c1-3-30-21(28)18-19(14-8-10-15(23)11-9-14)26-17-7-5-4-6-16(17)24-22(26)25(20(18)27)12-13-29-2/h4-11,18-19H,3,12-13H2,1-2H3/t18-,19-/m1/s1. The Kier molecular flexibility index (Phi) is 5.50. The van der Waals surface area contributed by atoms with E-state index < -0.39 is 29.7 Å². The summed E-state index contributed by atoms with van der Waals surface area (Å²) in [5, 5.41) is 0. The molecule has 4 rings (SSSR count). The lowest BCUT2D eigenvalue weighted by Gasteiger charge is -2.37. The number of rotatable bonds is 6. The first-order valence-corrected chi connectivity index (χ1v) is 9.76. The van der Waals surface area contributed by atoms with E-state index in [4.69, 9.17) is 9.47 Å². The van der Waals surface area contributed by atoms with E-state index in [0.29, 0.717) is 17.0 Å². The van der Waals surface area contributed by atoms with Crippen molar-refractivity contribution in [3.8, 4) is 0 Å². The summed E-state index contributed by atoms with van der Waals surface area (Å²) in [6.07, 6.45) is 0. The molecule has 0 saturated heterocycles. The third kappa shape index (κ3) is 3.33. The lowest BCUT2D eigenvalue weighted by molar-refractivity contribution is -0.153. The normalized spacial score (nSPS) is 18.5. The number of methoxy groups -OCH3 is 1. The quantitative estimate of drug-likeness (QED) is 0.461. The van der Waals surface area contributed by atoms with E-state index in [9.17, 15) is 14.0 Å². The molecule has 1 aromatic heterocycles. The molecule has 8 heteroatoms. The summed E-state index contributed by atoms with van der Waals surface area (Å²) in [6, 6.07) is 12.6. The van der Waals surface area contributed by atoms with Gasteiger partial charge in [0.05, 0.1) is 36.8 Å². The molecule has 0 N–H and O–H groups in total. The number of carbonyl (C=O) groups excluding carboxylic acids is 2. The number of hydrogen-bond donors (Lipinski definition) is 0. The number of halogens is 1. The number of amides is 1. The number of benzene rings is 2. The molecule has 30 heavy (non-hydrogen) atoms. The van der Waals surface area contributed by atoms with Gasteiger partial charge in [-0.15, -0.1) is 0 Å². The monoisotopic (exact) mass is 411 g/mol. The number of fused-ring (bicyclic) bond motifs is 3. The van der Waals surface area contributed by atoms with Crippen LogP contribution in [0, 0.1) is 11.7 Å². The van der Waals surface area contributed by atoms with E-state index in [1.165, 1.54) is 17.0 Å². The third-order valence-electron chi connectivity index (χ3n) is 5.22. The van der Waals surface area contributed by atoms with E-state index in [-0.39, 0.29) is 19.8 Å². The second kappa shape index (κ2) is 8.23. The number of aromatic nitrogens is 2. The van der Waals surface area contributed by atoms with E-state index >= 15 is 0 Å². The number of ether oxygens (including phenoxy) is 2. The summed E-state index contributed by atoms with van der Waals surface area (Å²) >= 11 is 0. The largest absolute Gasteiger partial charge is 0.465 e. The molecule has 1 aliphatic rings. The van der Waals surface area contributed by atoms with Gasteiger partial charge in [0.15, 0.2) is 5.92 Å². The number of nitrogens with zero attached hydrogens (tertiary/aromatic N) is 3. The van der Waals surface area contributed by atoms with Gasteiger partial charge in [0, 0.05) is 7.11 Å². The highest BCUT2D eigenvalue weighted by Crippen LogP contribution is 2.41. The first-order valence-electron chi connectivity index (χ1n) is 9.76. The number of carbonyl (C=O) groups is 2. The van der Waals surface area contributed by atoms with Gasteiger partial charge in [-0.3, -0.25) is 14.5 Å². The molecule has 2 heterocycles. The molecule has 2 atom stereocenters. The van der Waals surface area contributed by atoms with Crippen LogP contribution in [0.1, 0.15) is 18.5 Å². The highest BCUT2D eigenvalue weighted by Gasteiger charge is 2.47. The Hall–Kier alpha value is -3.26. The van der Waals surface area contributed by atoms with Crippen molar-refractivity contribution in [2.75, 3.05) is 31.8 Å². The van der Waals surface area contributed by atoms with Crippen LogP contribution in [0.4, 0.5) is 10.3 Å². The molecule has 0 saturated carbocycles. The van der Waals surface area contributed by atoms with Crippen LogP contribution in [-0.4, -0.2) is 48.3 Å². The predicted molar refractivity (Wildman–Crippen MR) is 109 cm³/mol. The SMILES string of the molecule is CCOC(=O)[C@H]1C(=O)N(CCOC)c2nc3ccccc3n2[C@@H]1c1ccc(F)cc1. The molecular formula is C22H22FN3O4. The summed E-state index contributed by atoms with van der Waals surface area (Å²) in [5.74, 6) is -2.14. The predicted octanol–water partition coefficient (Wildman–Crippen LogP) is 2.94. The van der Waals surface area contributed by atoms with Crippen molar-refractivity contribution in [1.82, 2.24) is 9.55 Å². The Balaban J connectivity index is 1.97.